The normalized spacial score (nSPS) is 10.6. The number of benzene rings is 1. The lowest BCUT2D eigenvalue weighted by Gasteiger charge is -2.08. The Labute approximate surface area is 140 Å². The molecular weight excluding hydrogens is 412 g/mol. The molecule has 0 aliphatic carbocycles. The number of hydrogen-bond acceptors (Lipinski definition) is 2. The van der Waals surface area contributed by atoms with Crippen LogP contribution in [0.15, 0.2) is 24.5 Å². The van der Waals surface area contributed by atoms with Crippen LogP contribution >= 0.6 is 45.8 Å². The monoisotopic (exact) mass is 423 g/mol. The number of amides is 1. The highest BCUT2D eigenvalue weighted by atomic mass is 127. The Kier molecular flexibility index (Phi) is 5.68. The molecule has 0 aliphatic rings. The zero-order valence-electron chi connectivity index (χ0n) is 10.4. The third-order valence-electron chi connectivity index (χ3n) is 2.67. The van der Waals surface area contributed by atoms with Gasteiger partial charge in [0.1, 0.15) is 5.82 Å². The van der Waals surface area contributed by atoms with Crippen molar-refractivity contribution < 1.29 is 4.79 Å². The number of imidazole rings is 1. The summed E-state index contributed by atoms with van der Waals surface area (Å²) in [5.74, 6) is 0.748. The van der Waals surface area contributed by atoms with Crippen molar-refractivity contribution in [3.8, 4) is 0 Å². The lowest BCUT2D eigenvalue weighted by atomic mass is 10.2. The van der Waals surface area contributed by atoms with Gasteiger partial charge in [0.2, 0.25) is 0 Å². The van der Waals surface area contributed by atoms with Crippen LogP contribution in [0.1, 0.15) is 22.6 Å². The molecule has 1 amide bonds. The maximum atomic E-state index is 12.1. The number of aromatic amines is 1. The Hall–Kier alpha value is -0.790. The molecular formula is C13H12Cl2IN3O. The largest absolute Gasteiger partial charge is 0.352 e. The number of hydrogen-bond donors (Lipinski definition) is 2. The summed E-state index contributed by atoms with van der Waals surface area (Å²) in [6, 6.07) is 3.25. The summed E-state index contributed by atoms with van der Waals surface area (Å²) in [4.78, 5) is 19.2. The molecule has 20 heavy (non-hydrogen) atoms. The maximum Gasteiger partial charge on any atom is 0.252 e. The van der Waals surface area contributed by atoms with Crippen LogP contribution in [0.4, 0.5) is 0 Å². The molecule has 1 heterocycles. The molecule has 2 rings (SSSR count). The van der Waals surface area contributed by atoms with Crippen LogP contribution in [-0.4, -0.2) is 22.4 Å². The number of H-pyrrole nitrogens is 1. The minimum atomic E-state index is -0.168. The summed E-state index contributed by atoms with van der Waals surface area (Å²) in [6.07, 6.45) is 5.10. The van der Waals surface area contributed by atoms with Crippen molar-refractivity contribution in [1.29, 1.82) is 0 Å². The van der Waals surface area contributed by atoms with Crippen LogP contribution in [0.5, 0.6) is 0 Å². The van der Waals surface area contributed by atoms with Gasteiger partial charge in [-0.05, 0) is 41.1 Å². The van der Waals surface area contributed by atoms with Crippen molar-refractivity contribution in [1.82, 2.24) is 15.3 Å². The zero-order valence-corrected chi connectivity index (χ0v) is 14.1. The molecule has 0 unspecified atom stereocenters. The Bertz CT molecular complexity index is 602. The quantitative estimate of drug-likeness (QED) is 0.437. The van der Waals surface area contributed by atoms with Gasteiger partial charge in [-0.25, -0.2) is 4.98 Å². The number of aryl methyl sites for hydroxylation is 1. The second-order valence-corrected chi connectivity index (χ2v) is 6.07. The molecule has 2 aromatic rings. The van der Waals surface area contributed by atoms with Gasteiger partial charge in [-0.3, -0.25) is 4.79 Å². The molecule has 0 fully saturated rings. The fourth-order valence-electron chi connectivity index (χ4n) is 1.71. The number of carbonyl (C=O) groups is 1. The Morgan fingerprint density at radius 3 is 2.90 bits per heavy atom. The Balaban J connectivity index is 1.89. The third-order valence-corrected chi connectivity index (χ3v) is 4.67. The lowest BCUT2D eigenvalue weighted by Crippen LogP contribution is -2.25. The van der Waals surface area contributed by atoms with Gasteiger partial charge < -0.3 is 10.3 Å². The van der Waals surface area contributed by atoms with Gasteiger partial charge in [0.05, 0.1) is 10.6 Å². The first-order valence-corrected chi connectivity index (χ1v) is 7.82. The summed E-state index contributed by atoms with van der Waals surface area (Å²) in [6.45, 7) is 0.569. The molecule has 0 atom stereocenters. The summed E-state index contributed by atoms with van der Waals surface area (Å²) >= 11 is 14.0. The minimum absolute atomic E-state index is 0.168. The Morgan fingerprint density at radius 2 is 2.20 bits per heavy atom. The SMILES string of the molecule is O=C(NCCCc1ncc[nH]1)c1cc(Cl)cc(Cl)c1I. The van der Waals surface area contributed by atoms with E-state index >= 15 is 0 Å². The van der Waals surface area contributed by atoms with E-state index in [1.807, 2.05) is 22.6 Å². The lowest BCUT2D eigenvalue weighted by molar-refractivity contribution is 0.0952. The van der Waals surface area contributed by atoms with Crippen LogP contribution in [0.2, 0.25) is 10.0 Å². The molecule has 4 nitrogen and oxygen atoms in total. The van der Waals surface area contributed by atoms with E-state index in [2.05, 4.69) is 15.3 Å². The standard InChI is InChI=1S/C13H12Cl2IN3O/c14-8-6-9(12(16)10(15)7-8)13(20)19-3-1-2-11-17-4-5-18-11/h4-7H,1-3H2,(H,17,18)(H,19,20). The number of halogens is 3. The molecule has 106 valence electrons. The fraction of sp³-hybridized carbons (Fsp3) is 0.231. The molecule has 1 aromatic heterocycles. The van der Waals surface area contributed by atoms with E-state index in [0.717, 1.165) is 18.7 Å². The first-order valence-electron chi connectivity index (χ1n) is 5.99. The van der Waals surface area contributed by atoms with Gasteiger partial charge in [-0.1, -0.05) is 23.2 Å². The number of nitrogens with zero attached hydrogens (tertiary/aromatic N) is 1. The van der Waals surface area contributed by atoms with E-state index in [1.54, 1.807) is 24.5 Å². The van der Waals surface area contributed by atoms with Crippen molar-refractivity contribution in [2.75, 3.05) is 6.54 Å². The highest BCUT2D eigenvalue weighted by Gasteiger charge is 2.13. The third kappa shape index (κ3) is 4.10. The van der Waals surface area contributed by atoms with Crippen LogP contribution in [0.3, 0.4) is 0 Å². The van der Waals surface area contributed by atoms with E-state index < -0.39 is 0 Å². The molecule has 1 aromatic carbocycles. The van der Waals surface area contributed by atoms with Crippen LogP contribution in [-0.2, 0) is 6.42 Å². The molecule has 0 spiro atoms. The first-order chi connectivity index (χ1) is 9.58. The first kappa shape index (κ1) is 15.6. The van der Waals surface area contributed by atoms with E-state index in [1.165, 1.54) is 0 Å². The van der Waals surface area contributed by atoms with Crippen molar-refractivity contribution in [2.24, 2.45) is 0 Å². The van der Waals surface area contributed by atoms with Crippen molar-refractivity contribution in [3.63, 3.8) is 0 Å². The summed E-state index contributed by atoms with van der Waals surface area (Å²) in [5.41, 5.74) is 0.501. The van der Waals surface area contributed by atoms with Crippen molar-refractivity contribution in [3.05, 3.63) is 49.5 Å². The smallest absolute Gasteiger partial charge is 0.252 e. The Morgan fingerprint density at radius 1 is 1.40 bits per heavy atom. The van der Waals surface area contributed by atoms with E-state index in [-0.39, 0.29) is 5.91 Å². The molecule has 0 radical (unpaired) electrons. The number of carbonyl (C=O) groups excluding carboxylic acids is 1. The summed E-state index contributed by atoms with van der Waals surface area (Å²) in [5, 5.41) is 3.79. The molecule has 0 saturated carbocycles. The van der Waals surface area contributed by atoms with Crippen molar-refractivity contribution >= 4 is 51.7 Å². The van der Waals surface area contributed by atoms with E-state index in [9.17, 15) is 4.79 Å². The number of rotatable bonds is 5. The van der Waals surface area contributed by atoms with Crippen LogP contribution in [0.25, 0.3) is 0 Å². The molecule has 2 N–H and O–H groups in total. The van der Waals surface area contributed by atoms with Crippen molar-refractivity contribution in [2.45, 2.75) is 12.8 Å². The van der Waals surface area contributed by atoms with Gasteiger partial charge in [0.25, 0.3) is 5.91 Å². The second kappa shape index (κ2) is 7.28. The van der Waals surface area contributed by atoms with Crippen LogP contribution < -0.4 is 5.32 Å². The predicted molar refractivity (Wildman–Crippen MR) is 88.4 cm³/mol. The van der Waals surface area contributed by atoms with E-state index in [0.29, 0.717) is 25.7 Å². The average Bonchev–Trinajstić information content (AvgIpc) is 2.91. The number of nitrogens with one attached hydrogen (secondary N) is 2. The van der Waals surface area contributed by atoms with Crippen LogP contribution in [0, 0.1) is 3.57 Å². The average molecular weight is 424 g/mol. The predicted octanol–water partition coefficient (Wildman–Crippen LogP) is 3.68. The van der Waals surface area contributed by atoms with Gasteiger partial charge in [0, 0.05) is 34.0 Å². The molecule has 0 saturated heterocycles. The topological polar surface area (TPSA) is 57.8 Å². The highest BCUT2D eigenvalue weighted by Crippen LogP contribution is 2.26. The van der Waals surface area contributed by atoms with Gasteiger partial charge >= 0.3 is 0 Å². The number of aromatic nitrogens is 2. The minimum Gasteiger partial charge on any atom is -0.352 e. The van der Waals surface area contributed by atoms with Gasteiger partial charge in [0.15, 0.2) is 0 Å². The molecule has 7 heteroatoms. The maximum absolute atomic E-state index is 12.1. The van der Waals surface area contributed by atoms with E-state index in [4.69, 9.17) is 23.2 Å². The fourth-order valence-corrected chi connectivity index (χ4v) is 2.76. The summed E-state index contributed by atoms with van der Waals surface area (Å²) < 4.78 is 0.706. The van der Waals surface area contributed by atoms with Gasteiger partial charge in [-0.2, -0.15) is 0 Å². The zero-order chi connectivity index (χ0) is 14.5. The van der Waals surface area contributed by atoms with Gasteiger partial charge in [-0.15, -0.1) is 0 Å². The summed E-state index contributed by atoms with van der Waals surface area (Å²) in [7, 11) is 0. The molecule has 0 bridgehead atoms. The molecule has 0 aliphatic heterocycles. The second-order valence-electron chi connectivity index (χ2n) is 4.14. The highest BCUT2D eigenvalue weighted by molar-refractivity contribution is 14.1.